The molecule has 1 aromatic carbocycles. The van der Waals surface area contributed by atoms with Crippen molar-refractivity contribution < 1.29 is 14.3 Å². The van der Waals surface area contributed by atoms with E-state index in [4.69, 9.17) is 9.47 Å². The Morgan fingerprint density at radius 3 is 2.04 bits per heavy atom. The lowest BCUT2D eigenvalue weighted by atomic mass is 9.91. The van der Waals surface area contributed by atoms with Gasteiger partial charge in [0.25, 0.3) is 0 Å². The third kappa shape index (κ3) is 5.07. The molecule has 126 valence electrons. The van der Waals surface area contributed by atoms with Crippen LogP contribution < -0.4 is 0 Å². The summed E-state index contributed by atoms with van der Waals surface area (Å²) in [5, 5.41) is 0. The van der Waals surface area contributed by atoms with Crippen molar-refractivity contribution in [2.24, 2.45) is 0 Å². The van der Waals surface area contributed by atoms with Crippen LogP contribution in [0.3, 0.4) is 0 Å². The van der Waals surface area contributed by atoms with Crippen LogP contribution in [0.25, 0.3) is 0 Å². The maximum Gasteiger partial charge on any atom is 0.338 e. The Morgan fingerprint density at radius 1 is 0.783 bits per heavy atom. The molecule has 3 nitrogen and oxygen atoms in total. The van der Waals surface area contributed by atoms with Gasteiger partial charge < -0.3 is 9.47 Å². The molecule has 0 heterocycles. The number of esters is 1. The Kier molecular flexibility index (Phi) is 6.09. The molecule has 2 saturated carbocycles. The molecule has 0 radical (unpaired) electrons. The summed E-state index contributed by atoms with van der Waals surface area (Å²) in [6, 6.07) is 9.22. The molecule has 0 aliphatic heterocycles. The van der Waals surface area contributed by atoms with Crippen molar-refractivity contribution in [3.63, 3.8) is 0 Å². The lowest BCUT2D eigenvalue weighted by Crippen LogP contribution is -2.41. The van der Waals surface area contributed by atoms with Crippen molar-refractivity contribution in [1.82, 2.24) is 0 Å². The number of ether oxygens (including phenoxy) is 2. The van der Waals surface area contributed by atoms with Crippen LogP contribution in [0.2, 0.25) is 0 Å². The zero-order valence-corrected chi connectivity index (χ0v) is 13.9. The molecule has 1 aromatic rings. The maximum absolute atomic E-state index is 12.0. The van der Waals surface area contributed by atoms with E-state index in [1.165, 1.54) is 51.4 Å². The highest BCUT2D eigenvalue weighted by Gasteiger charge is 2.34. The molecule has 0 spiro atoms. The molecule has 2 aliphatic rings. The van der Waals surface area contributed by atoms with Gasteiger partial charge in [0.05, 0.1) is 17.8 Å². The number of rotatable bonds is 4. The van der Waals surface area contributed by atoms with Crippen molar-refractivity contribution in [2.75, 3.05) is 0 Å². The molecule has 0 atom stereocenters. The standard InChI is InChI=1S/C20H28O3/c21-20(16-10-6-5-7-11-16)23-19-14-18(15-19)22-17-12-8-3-1-2-4-9-13-17/h5-7,10-11,17-19H,1-4,8-9,12-15H2. The van der Waals surface area contributed by atoms with Gasteiger partial charge in [0, 0.05) is 12.8 Å². The van der Waals surface area contributed by atoms with Crippen LogP contribution in [0.1, 0.15) is 74.6 Å². The fraction of sp³-hybridized carbons (Fsp3) is 0.650. The minimum Gasteiger partial charge on any atom is -0.459 e. The maximum atomic E-state index is 12.0. The molecule has 0 N–H and O–H groups in total. The first kappa shape index (κ1) is 16.5. The topological polar surface area (TPSA) is 35.5 Å². The van der Waals surface area contributed by atoms with Gasteiger partial charge in [0.1, 0.15) is 6.10 Å². The second kappa shape index (κ2) is 8.49. The van der Waals surface area contributed by atoms with Gasteiger partial charge in [-0.2, -0.15) is 0 Å². The fourth-order valence-electron chi connectivity index (χ4n) is 3.52. The first-order valence-corrected chi connectivity index (χ1v) is 9.23. The van der Waals surface area contributed by atoms with E-state index in [1.807, 2.05) is 18.2 Å². The highest BCUT2D eigenvalue weighted by atomic mass is 16.6. The Labute approximate surface area is 139 Å². The van der Waals surface area contributed by atoms with Crippen LogP contribution in [-0.4, -0.2) is 24.3 Å². The highest BCUT2D eigenvalue weighted by molar-refractivity contribution is 5.89. The zero-order chi connectivity index (χ0) is 15.9. The fourth-order valence-corrected chi connectivity index (χ4v) is 3.52. The summed E-state index contributed by atoms with van der Waals surface area (Å²) in [4.78, 5) is 12.0. The van der Waals surface area contributed by atoms with Crippen LogP contribution in [0.5, 0.6) is 0 Å². The van der Waals surface area contributed by atoms with Crippen molar-refractivity contribution >= 4 is 5.97 Å². The molecule has 0 saturated heterocycles. The van der Waals surface area contributed by atoms with E-state index in [0.717, 1.165) is 12.8 Å². The zero-order valence-electron chi connectivity index (χ0n) is 13.9. The largest absolute Gasteiger partial charge is 0.459 e. The summed E-state index contributed by atoms with van der Waals surface area (Å²) in [6.07, 6.45) is 12.9. The molecule has 2 aliphatic carbocycles. The minimum absolute atomic E-state index is 0.0315. The van der Waals surface area contributed by atoms with Gasteiger partial charge in [-0.25, -0.2) is 4.79 Å². The minimum atomic E-state index is -0.212. The van der Waals surface area contributed by atoms with Crippen molar-refractivity contribution in [2.45, 2.75) is 82.5 Å². The molecular formula is C20H28O3. The van der Waals surface area contributed by atoms with Gasteiger partial charge in [-0.05, 0) is 25.0 Å². The van der Waals surface area contributed by atoms with Crippen LogP contribution in [0.15, 0.2) is 30.3 Å². The third-order valence-electron chi connectivity index (χ3n) is 5.02. The molecule has 0 bridgehead atoms. The average molecular weight is 316 g/mol. The van der Waals surface area contributed by atoms with E-state index in [2.05, 4.69) is 0 Å². The van der Waals surface area contributed by atoms with Crippen molar-refractivity contribution in [3.8, 4) is 0 Å². The van der Waals surface area contributed by atoms with E-state index < -0.39 is 0 Å². The SMILES string of the molecule is O=C(OC1CC(OC2CCCCCCCC2)C1)c1ccccc1. The van der Waals surface area contributed by atoms with Crippen molar-refractivity contribution in [1.29, 1.82) is 0 Å². The predicted molar refractivity (Wildman–Crippen MR) is 90.5 cm³/mol. The number of benzene rings is 1. The Hall–Kier alpha value is -1.35. The van der Waals surface area contributed by atoms with Crippen LogP contribution in [-0.2, 0) is 9.47 Å². The Morgan fingerprint density at radius 2 is 1.39 bits per heavy atom. The second-order valence-electron chi connectivity index (χ2n) is 6.94. The molecule has 0 aromatic heterocycles. The van der Waals surface area contributed by atoms with E-state index in [0.29, 0.717) is 11.7 Å². The number of carbonyl (C=O) groups excluding carboxylic acids is 1. The van der Waals surface area contributed by atoms with Gasteiger partial charge in [-0.15, -0.1) is 0 Å². The molecule has 23 heavy (non-hydrogen) atoms. The second-order valence-corrected chi connectivity index (χ2v) is 6.94. The van der Waals surface area contributed by atoms with Gasteiger partial charge in [-0.1, -0.05) is 56.7 Å². The molecule has 0 unspecified atom stereocenters. The Balaban J connectivity index is 1.38. The van der Waals surface area contributed by atoms with E-state index in [-0.39, 0.29) is 18.2 Å². The lowest BCUT2D eigenvalue weighted by molar-refractivity contribution is -0.112. The predicted octanol–water partition coefficient (Wildman–Crippen LogP) is 4.89. The summed E-state index contributed by atoms with van der Waals surface area (Å²) >= 11 is 0. The molecule has 2 fully saturated rings. The number of hydrogen-bond acceptors (Lipinski definition) is 3. The first-order chi connectivity index (χ1) is 11.3. The van der Waals surface area contributed by atoms with E-state index >= 15 is 0 Å². The lowest BCUT2D eigenvalue weighted by Gasteiger charge is -2.37. The van der Waals surface area contributed by atoms with Crippen LogP contribution in [0, 0.1) is 0 Å². The first-order valence-electron chi connectivity index (χ1n) is 9.23. The van der Waals surface area contributed by atoms with E-state index in [1.54, 1.807) is 12.1 Å². The summed E-state index contributed by atoms with van der Waals surface area (Å²) in [7, 11) is 0. The smallest absolute Gasteiger partial charge is 0.338 e. The van der Waals surface area contributed by atoms with Crippen molar-refractivity contribution in [3.05, 3.63) is 35.9 Å². The molecule has 3 heteroatoms. The van der Waals surface area contributed by atoms with E-state index in [9.17, 15) is 4.79 Å². The molecule has 0 amide bonds. The van der Waals surface area contributed by atoms with Gasteiger partial charge in [-0.3, -0.25) is 0 Å². The molecule has 3 rings (SSSR count). The summed E-state index contributed by atoms with van der Waals surface area (Å²) in [5.41, 5.74) is 0.633. The number of hydrogen-bond donors (Lipinski definition) is 0. The van der Waals surface area contributed by atoms with Gasteiger partial charge >= 0.3 is 5.97 Å². The van der Waals surface area contributed by atoms with Gasteiger partial charge in [0.2, 0.25) is 0 Å². The third-order valence-corrected chi connectivity index (χ3v) is 5.02. The average Bonchev–Trinajstić information content (AvgIpc) is 2.67. The normalized spacial score (nSPS) is 26.4. The van der Waals surface area contributed by atoms with Gasteiger partial charge in [0.15, 0.2) is 0 Å². The van der Waals surface area contributed by atoms with Crippen LogP contribution >= 0.6 is 0 Å². The summed E-state index contributed by atoms with van der Waals surface area (Å²) in [6.45, 7) is 0. The summed E-state index contributed by atoms with van der Waals surface area (Å²) < 4.78 is 11.8. The highest BCUT2D eigenvalue weighted by Crippen LogP contribution is 2.30. The molecular weight excluding hydrogens is 288 g/mol. The monoisotopic (exact) mass is 316 g/mol. The quantitative estimate of drug-likeness (QED) is 0.742. The van der Waals surface area contributed by atoms with Crippen LogP contribution in [0.4, 0.5) is 0 Å². The Bertz CT molecular complexity index is 469. The number of carbonyl (C=O) groups is 1. The summed E-state index contributed by atoms with van der Waals surface area (Å²) in [5.74, 6) is -0.212.